The molecule has 0 N–H and O–H groups in total. The van der Waals surface area contributed by atoms with E-state index in [9.17, 15) is 14.4 Å². The van der Waals surface area contributed by atoms with E-state index in [1.165, 1.54) is 4.90 Å². The Morgan fingerprint density at radius 3 is 2.76 bits per heavy atom. The van der Waals surface area contributed by atoms with E-state index in [0.717, 1.165) is 24.9 Å². The highest BCUT2D eigenvalue weighted by Gasteiger charge is 2.44. The van der Waals surface area contributed by atoms with Crippen molar-refractivity contribution < 1.29 is 19.1 Å². The SMILES string of the molecule is CCOC(=O)[C@@H]1CCCN([C@H]2CC(=O)N(c3ccccc3C)C2=O)C1. The van der Waals surface area contributed by atoms with Crippen molar-refractivity contribution in [3.8, 4) is 0 Å². The number of rotatable bonds is 4. The number of anilines is 1. The van der Waals surface area contributed by atoms with Crippen LogP contribution in [0.3, 0.4) is 0 Å². The molecule has 2 aliphatic heterocycles. The van der Waals surface area contributed by atoms with Gasteiger partial charge in [0.15, 0.2) is 0 Å². The summed E-state index contributed by atoms with van der Waals surface area (Å²) in [6.07, 6.45) is 1.76. The maximum absolute atomic E-state index is 12.9. The van der Waals surface area contributed by atoms with Gasteiger partial charge in [0, 0.05) is 6.54 Å². The van der Waals surface area contributed by atoms with E-state index in [1.54, 1.807) is 13.0 Å². The van der Waals surface area contributed by atoms with Gasteiger partial charge in [-0.1, -0.05) is 18.2 Å². The summed E-state index contributed by atoms with van der Waals surface area (Å²) in [6.45, 7) is 5.24. The molecule has 2 saturated heterocycles. The number of benzene rings is 1. The van der Waals surface area contributed by atoms with Gasteiger partial charge in [0.2, 0.25) is 5.91 Å². The van der Waals surface area contributed by atoms with Crippen LogP contribution in [0.5, 0.6) is 0 Å². The van der Waals surface area contributed by atoms with Crippen LogP contribution in [0, 0.1) is 12.8 Å². The third-order valence-electron chi connectivity index (χ3n) is 4.99. The van der Waals surface area contributed by atoms with E-state index < -0.39 is 6.04 Å². The van der Waals surface area contributed by atoms with Gasteiger partial charge in [0.05, 0.1) is 30.7 Å². The fourth-order valence-corrected chi connectivity index (χ4v) is 3.71. The zero-order valence-electron chi connectivity index (χ0n) is 14.7. The second kappa shape index (κ2) is 7.35. The quantitative estimate of drug-likeness (QED) is 0.616. The summed E-state index contributed by atoms with van der Waals surface area (Å²) < 4.78 is 5.12. The first-order valence-corrected chi connectivity index (χ1v) is 8.86. The van der Waals surface area contributed by atoms with Crippen molar-refractivity contribution in [3.05, 3.63) is 29.8 Å². The first-order valence-electron chi connectivity index (χ1n) is 8.86. The third kappa shape index (κ3) is 3.44. The molecular formula is C19H24N2O4. The number of para-hydroxylation sites is 1. The first kappa shape index (κ1) is 17.6. The maximum atomic E-state index is 12.9. The molecule has 2 heterocycles. The molecule has 0 radical (unpaired) electrons. The van der Waals surface area contributed by atoms with Crippen molar-refractivity contribution in [1.29, 1.82) is 0 Å². The molecule has 2 amide bonds. The van der Waals surface area contributed by atoms with Crippen LogP contribution in [0.2, 0.25) is 0 Å². The third-order valence-corrected chi connectivity index (χ3v) is 4.99. The van der Waals surface area contributed by atoms with Crippen LogP contribution in [-0.2, 0) is 19.1 Å². The number of likely N-dealkylation sites (tertiary alicyclic amines) is 1. The summed E-state index contributed by atoms with van der Waals surface area (Å²) in [7, 11) is 0. The zero-order valence-corrected chi connectivity index (χ0v) is 14.7. The topological polar surface area (TPSA) is 66.9 Å². The Kier molecular flexibility index (Phi) is 5.18. The second-order valence-corrected chi connectivity index (χ2v) is 6.66. The molecule has 0 saturated carbocycles. The first-order chi connectivity index (χ1) is 12.0. The highest BCUT2D eigenvalue weighted by Crippen LogP contribution is 2.30. The van der Waals surface area contributed by atoms with Crippen molar-refractivity contribution in [2.45, 2.75) is 39.2 Å². The standard InChI is InChI=1S/C19H24N2O4/c1-3-25-19(24)14-8-6-10-20(12-14)16-11-17(22)21(18(16)23)15-9-5-4-7-13(15)2/h4-5,7,9,14,16H,3,6,8,10-12H2,1-2H3/t14-,16+/m1/s1. The van der Waals surface area contributed by atoms with Crippen molar-refractivity contribution in [3.63, 3.8) is 0 Å². The molecule has 1 aromatic rings. The summed E-state index contributed by atoms with van der Waals surface area (Å²) in [5, 5.41) is 0. The smallest absolute Gasteiger partial charge is 0.310 e. The highest BCUT2D eigenvalue weighted by molar-refractivity contribution is 6.22. The Balaban J connectivity index is 1.76. The molecule has 2 aliphatic rings. The Hall–Kier alpha value is -2.21. The molecule has 6 heteroatoms. The predicted molar refractivity (Wildman–Crippen MR) is 93.0 cm³/mol. The number of carbonyl (C=O) groups is 3. The molecule has 1 aromatic carbocycles. The van der Waals surface area contributed by atoms with E-state index in [0.29, 0.717) is 18.8 Å². The van der Waals surface area contributed by atoms with Crippen molar-refractivity contribution in [2.24, 2.45) is 5.92 Å². The summed E-state index contributed by atoms with van der Waals surface area (Å²) in [5.41, 5.74) is 1.55. The Bertz CT molecular complexity index is 688. The van der Waals surface area contributed by atoms with E-state index >= 15 is 0 Å². The van der Waals surface area contributed by atoms with Crippen LogP contribution in [0.1, 0.15) is 31.7 Å². The van der Waals surface area contributed by atoms with Crippen LogP contribution >= 0.6 is 0 Å². The van der Waals surface area contributed by atoms with Gasteiger partial charge in [-0.25, -0.2) is 4.90 Å². The van der Waals surface area contributed by atoms with E-state index in [2.05, 4.69) is 0 Å². The number of hydrogen-bond acceptors (Lipinski definition) is 5. The lowest BCUT2D eigenvalue weighted by molar-refractivity contribution is -0.150. The highest BCUT2D eigenvalue weighted by atomic mass is 16.5. The van der Waals surface area contributed by atoms with Crippen molar-refractivity contribution in [1.82, 2.24) is 4.90 Å². The van der Waals surface area contributed by atoms with E-state index in [4.69, 9.17) is 4.74 Å². The van der Waals surface area contributed by atoms with E-state index in [1.807, 2.05) is 30.0 Å². The average Bonchev–Trinajstić information content (AvgIpc) is 2.90. The van der Waals surface area contributed by atoms with Gasteiger partial charge < -0.3 is 4.74 Å². The normalized spacial score (nSPS) is 24.6. The van der Waals surface area contributed by atoms with Gasteiger partial charge in [0.25, 0.3) is 5.91 Å². The molecule has 134 valence electrons. The van der Waals surface area contributed by atoms with Crippen LogP contribution in [0.15, 0.2) is 24.3 Å². The lowest BCUT2D eigenvalue weighted by Crippen LogP contribution is -2.48. The molecule has 0 spiro atoms. The van der Waals surface area contributed by atoms with Gasteiger partial charge in [0.1, 0.15) is 0 Å². The predicted octanol–water partition coefficient (Wildman–Crippen LogP) is 1.90. The lowest BCUT2D eigenvalue weighted by Gasteiger charge is -2.34. The fourth-order valence-electron chi connectivity index (χ4n) is 3.71. The van der Waals surface area contributed by atoms with Gasteiger partial charge in [-0.05, 0) is 44.9 Å². The van der Waals surface area contributed by atoms with Crippen LogP contribution in [-0.4, -0.2) is 48.4 Å². The van der Waals surface area contributed by atoms with Crippen molar-refractivity contribution >= 4 is 23.5 Å². The maximum Gasteiger partial charge on any atom is 0.310 e. The molecular weight excluding hydrogens is 320 g/mol. The van der Waals surface area contributed by atoms with Crippen LogP contribution in [0.4, 0.5) is 5.69 Å². The minimum absolute atomic E-state index is 0.169. The lowest BCUT2D eigenvalue weighted by atomic mass is 9.96. The molecule has 0 aromatic heterocycles. The molecule has 2 fully saturated rings. The zero-order chi connectivity index (χ0) is 18.0. The number of esters is 1. The number of ether oxygens (including phenoxy) is 1. The monoisotopic (exact) mass is 344 g/mol. The van der Waals surface area contributed by atoms with Gasteiger partial charge in [-0.2, -0.15) is 0 Å². The number of imide groups is 1. The number of aryl methyl sites for hydroxylation is 1. The van der Waals surface area contributed by atoms with Crippen molar-refractivity contribution in [2.75, 3.05) is 24.6 Å². The van der Waals surface area contributed by atoms with Crippen LogP contribution in [0.25, 0.3) is 0 Å². The largest absolute Gasteiger partial charge is 0.466 e. The Morgan fingerprint density at radius 1 is 1.28 bits per heavy atom. The fraction of sp³-hybridized carbons (Fsp3) is 0.526. The van der Waals surface area contributed by atoms with Gasteiger partial charge in [-0.15, -0.1) is 0 Å². The van der Waals surface area contributed by atoms with Gasteiger partial charge in [-0.3, -0.25) is 19.3 Å². The number of nitrogens with zero attached hydrogens (tertiary/aromatic N) is 2. The average molecular weight is 344 g/mol. The van der Waals surface area contributed by atoms with Crippen LogP contribution < -0.4 is 4.90 Å². The number of amides is 2. The molecule has 25 heavy (non-hydrogen) atoms. The summed E-state index contributed by atoms with van der Waals surface area (Å²) >= 11 is 0. The molecule has 0 bridgehead atoms. The molecule has 0 aliphatic carbocycles. The summed E-state index contributed by atoms with van der Waals surface area (Å²) in [6, 6.07) is 6.92. The number of piperidine rings is 1. The molecule has 3 rings (SSSR count). The second-order valence-electron chi connectivity index (χ2n) is 6.66. The molecule has 0 unspecified atom stereocenters. The van der Waals surface area contributed by atoms with E-state index in [-0.39, 0.29) is 30.1 Å². The number of hydrogen-bond donors (Lipinski definition) is 0. The summed E-state index contributed by atoms with van der Waals surface area (Å²) in [4.78, 5) is 40.7. The molecule has 2 atom stereocenters. The summed E-state index contributed by atoms with van der Waals surface area (Å²) in [5.74, 6) is -0.796. The molecule has 6 nitrogen and oxygen atoms in total. The minimum atomic E-state index is -0.482. The van der Waals surface area contributed by atoms with Gasteiger partial charge >= 0.3 is 5.97 Å². The Morgan fingerprint density at radius 2 is 2.04 bits per heavy atom. The Labute approximate surface area is 147 Å². The minimum Gasteiger partial charge on any atom is -0.466 e. The number of carbonyl (C=O) groups excluding carboxylic acids is 3.